The lowest BCUT2D eigenvalue weighted by molar-refractivity contribution is -0.141. The summed E-state index contributed by atoms with van der Waals surface area (Å²) in [5.41, 5.74) is 2.29. The molecule has 0 atom stereocenters. The van der Waals surface area contributed by atoms with Crippen molar-refractivity contribution in [1.82, 2.24) is 9.80 Å². The van der Waals surface area contributed by atoms with Crippen LogP contribution in [0.4, 0.5) is 0 Å². The van der Waals surface area contributed by atoms with Crippen molar-refractivity contribution < 1.29 is 14.3 Å². The van der Waals surface area contributed by atoms with Gasteiger partial charge in [0.15, 0.2) is 0 Å². The van der Waals surface area contributed by atoms with Crippen molar-refractivity contribution in [3.8, 4) is 0 Å². The molecule has 0 spiro atoms. The Kier molecular flexibility index (Phi) is 9.75. The van der Waals surface area contributed by atoms with Crippen molar-refractivity contribution in [3.63, 3.8) is 0 Å². The van der Waals surface area contributed by atoms with Gasteiger partial charge in [0.25, 0.3) is 0 Å². The zero-order valence-corrected chi connectivity index (χ0v) is 20.2. The van der Waals surface area contributed by atoms with Crippen LogP contribution in [0.3, 0.4) is 0 Å². The number of amides is 2. The molecule has 2 aromatic rings. The Morgan fingerprint density at radius 1 is 1.03 bits per heavy atom. The molecule has 0 unspecified atom stereocenters. The van der Waals surface area contributed by atoms with Crippen molar-refractivity contribution in [2.75, 3.05) is 26.8 Å². The van der Waals surface area contributed by atoms with Gasteiger partial charge in [0.2, 0.25) is 11.8 Å². The molecule has 0 saturated heterocycles. The molecular weight excluding hydrogens is 420 g/mol. The first-order chi connectivity index (χ1) is 15.6. The zero-order chi connectivity index (χ0) is 22.8. The van der Waals surface area contributed by atoms with E-state index in [1.807, 2.05) is 35.2 Å². The fourth-order valence-corrected chi connectivity index (χ4v) is 5.24. The summed E-state index contributed by atoms with van der Waals surface area (Å²) >= 11 is 1.67. The van der Waals surface area contributed by atoms with Gasteiger partial charge in [0.05, 0.1) is 19.7 Å². The molecule has 0 radical (unpaired) electrons. The lowest BCUT2D eigenvalue weighted by Crippen LogP contribution is -2.43. The van der Waals surface area contributed by atoms with Crippen LogP contribution < -0.4 is 0 Å². The molecule has 1 aromatic heterocycles. The Labute approximate surface area is 196 Å². The van der Waals surface area contributed by atoms with Gasteiger partial charge in [-0.05, 0) is 41.8 Å². The minimum atomic E-state index is -0.0213. The van der Waals surface area contributed by atoms with Gasteiger partial charge in [-0.1, -0.05) is 56.0 Å². The Morgan fingerprint density at radius 2 is 1.78 bits per heavy atom. The predicted octanol–water partition coefficient (Wildman–Crippen LogP) is 5.03. The number of nitrogens with zero attached hydrogens (tertiary/aromatic N) is 2. The molecule has 0 bridgehead atoms. The highest BCUT2D eigenvalue weighted by molar-refractivity contribution is 7.10. The number of rotatable bonds is 12. The number of hydrogen-bond donors (Lipinski definition) is 0. The summed E-state index contributed by atoms with van der Waals surface area (Å²) in [7, 11) is 1.63. The van der Waals surface area contributed by atoms with Crippen LogP contribution in [-0.2, 0) is 27.4 Å². The Bertz CT molecular complexity index is 846. The molecule has 1 aliphatic rings. The minimum Gasteiger partial charge on any atom is -0.383 e. The summed E-state index contributed by atoms with van der Waals surface area (Å²) in [6.07, 6.45) is 6.47. The fraction of sp³-hybridized carbons (Fsp3) is 0.538. The third kappa shape index (κ3) is 7.45. The Morgan fingerprint density at radius 3 is 2.44 bits per heavy atom. The monoisotopic (exact) mass is 456 g/mol. The van der Waals surface area contributed by atoms with Crippen molar-refractivity contribution in [2.45, 2.75) is 58.5 Å². The van der Waals surface area contributed by atoms with E-state index < -0.39 is 0 Å². The van der Waals surface area contributed by atoms with Gasteiger partial charge in [0.1, 0.15) is 0 Å². The summed E-state index contributed by atoms with van der Waals surface area (Å²) in [6.45, 7) is 4.16. The molecule has 1 heterocycles. The normalized spacial score (nSPS) is 13.9. The Hall–Kier alpha value is -2.18. The number of carbonyl (C=O) groups excluding carboxylic acids is 2. The maximum Gasteiger partial charge on any atom is 0.242 e. The van der Waals surface area contributed by atoms with Crippen molar-refractivity contribution >= 4 is 23.2 Å². The number of benzene rings is 1. The maximum absolute atomic E-state index is 13.4. The van der Waals surface area contributed by atoms with E-state index in [1.165, 1.54) is 36.1 Å². The van der Waals surface area contributed by atoms with Gasteiger partial charge >= 0.3 is 0 Å². The van der Waals surface area contributed by atoms with Crippen molar-refractivity contribution in [1.29, 1.82) is 0 Å². The predicted molar refractivity (Wildman–Crippen MR) is 129 cm³/mol. The SMILES string of the molecule is COCCN(CC(=O)N(Cc1ccccc1)Cc1sccc1C)C(=O)CCC1CCCC1. The lowest BCUT2D eigenvalue weighted by atomic mass is 10.0. The van der Waals surface area contributed by atoms with E-state index in [2.05, 4.69) is 18.4 Å². The molecule has 0 aliphatic heterocycles. The average Bonchev–Trinajstić information content (AvgIpc) is 3.47. The quantitative estimate of drug-likeness (QED) is 0.450. The number of carbonyl (C=O) groups is 2. The molecule has 5 nitrogen and oxygen atoms in total. The third-order valence-corrected chi connectivity index (χ3v) is 7.36. The Balaban J connectivity index is 1.67. The molecule has 1 saturated carbocycles. The molecule has 3 rings (SSSR count). The summed E-state index contributed by atoms with van der Waals surface area (Å²) in [5, 5.41) is 2.06. The van der Waals surface area contributed by atoms with E-state index in [9.17, 15) is 9.59 Å². The van der Waals surface area contributed by atoms with E-state index in [1.54, 1.807) is 23.3 Å². The zero-order valence-electron chi connectivity index (χ0n) is 19.4. The van der Waals surface area contributed by atoms with Crippen LogP contribution in [0.2, 0.25) is 0 Å². The van der Waals surface area contributed by atoms with Gasteiger partial charge in [-0.2, -0.15) is 0 Å². The van der Waals surface area contributed by atoms with Gasteiger partial charge in [-0.3, -0.25) is 9.59 Å². The summed E-state index contributed by atoms with van der Waals surface area (Å²) in [6, 6.07) is 12.1. The smallest absolute Gasteiger partial charge is 0.242 e. The van der Waals surface area contributed by atoms with E-state index in [-0.39, 0.29) is 18.4 Å². The highest BCUT2D eigenvalue weighted by Gasteiger charge is 2.24. The average molecular weight is 457 g/mol. The van der Waals surface area contributed by atoms with Crippen LogP contribution in [0.25, 0.3) is 0 Å². The topological polar surface area (TPSA) is 49.9 Å². The second-order valence-corrected chi connectivity index (χ2v) is 9.76. The first kappa shape index (κ1) is 24.5. The second-order valence-electron chi connectivity index (χ2n) is 8.76. The van der Waals surface area contributed by atoms with Crippen LogP contribution in [-0.4, -0.2) is 48.4 Å². The molecule has 32 heavy (non-hydrogen) atoms. The largest absolute Gasteiger partial charge is 0.383 e. The molecule has 1 aliphatic carbocycles. The fourth-order valence-electron chi connectivity index (χ4n) is 4.32. The molecular formula is C26H36N2O3S. The van der Waals surface area contributed by atoms with Crippen LogP contribution in [0.5, 0.6) is 0 Å². The summed E-state index contributed by atoms with van der Waals surface area (Å²) < 4.78 is 5.22. The summed E-state index contributed by atoms with van der Waals surface area (Å²) in [5.74, 6) is 0.705. The van der Waals surface area contributed by atoms with Gasteiger partial charge in [0, 0.05) is 31.5 Å². The lowest BCUT2D eigenvalue weighted by Gasteiger charge is -2.28. The summed E-state index contributed by atoms with van der Waals surface area (Å²) in [4.78, 5) is 31.2. The number of methoxy groups -OCH3 is 1. The second kappa shape index (κ2) is 12.8. The maximum atomic E-state index is 13.4. The number of ether oxygens (including phenoxy) is 1. The first-order valence-electron chi connectivity index (χ1n) is 11.7. The van der Waals surface area contributed by atoms with Gasteiger partial charge < -0.3 is 14.5 Å². The highest BCUT2D eigenvalue weighted by atomic mass is 32.1. The van der Waals surface area contributed by atoms with Crippen LogP contribution in [0.15, 0.2) is 41.8 Å². The van der Waals surface area contributed by atoms with Crippen molar-refractivity contribution in [3.05, 3.63) is 57.8 Å². The molecule has 6 heteroatoms. The van der Waals surface area contributed by atoms with Crippen LogP contribution >= 0.6 is 11.3 Å². The van der Waals surface area contributed by atoms with Crippen LogP contribution in [0.1, 0.15) is 54.5 Å². The van der Waals surface area contributed by atoms with Gasteiger partial charge in [-0.15, -0.1) is 11.3 Å². The van der Waals surface area contributed by atoms with E-state index >= 15 is 0 Å². The highest BCUT2D eigenvalue weighted by Crippen LogP contribution is 2.28. The first-order valence-corrected chi connectivity index (χ1v) is 12.6. The minimum absolute atomic E-state index is 0.0213. The molecule has 1 aromatic carbocycles. The van der Waals surface area contributed by atoms with Crippen molar-refractivity contribution in [2.24, 2.45) is 5.92 Å². The van der Waals surface area contributed by atoms with Crippen LogP contribution in [0, 0.1) is 12.8 Å². The number of aryl methyl sites for hydroxylation is 1. The molecule has 174 valence electrons. The third-order valence-electron chi connectivity index (χ3n) is 6.36. The van der Waals surface area contributed by atoms with E-state index in [0.29, 0.717) is 38.6 Å². The number of thiophene rings is 1. The molecule has 0 N–H and O–H groups in total. The van der Waals surface area contributed by atoms with Gasteiger partial charge in [-0.25, -0.2) is 0 Å². The number of hydrogen-bond acceptors (Lipinski definition) is 4. The standard InChI is InChI=1S/C26H36N2O3S/c1-21-14-17-32-24(21)19-28(18-23-10-4-3-5-11-23)26(30)20-27(15-16-31-2)25(29)13-12-22-8-6-7-9-22/h3-5,10-11,14,17,22H,6-9,12-13,15-16,18-20H2,1-2H3. The molecule has 1 fully saturated rings. The van der Waals surface area contributed by atoms with E-state index in [4.69, 9.17) is 4.74 Å². The molecule has 2 amide bonds. The van der Waals surface area contributed by atoms with E-state index in [0.717, 1.165) is 12.0 Å².